The van der Waals surface area contributed by atoms with Crippen molar-refractivity contribution in [1.82, 2.24) is 4.90 Å². The largest absolute Gasteiger partial charge is 0.444 e. The van der Waals surface area contributed by atoms with Crippen molar-refractivity contribution < 1.29 is 14.6 Å². The molecule has 2 aliphatic rings. The summed E-state index contributed by atoms with van der Waals surface area (Å²) < 4.78 is 5.40. The summed E-state index contributed by atoms with van der Waals surface area (Å²) in [4.78, 5) is 13.8. The summed E-state index contributed by atoms with van der Waals surface area (Å²) in [5.74, 6) is 0.660. The van der Waals surface area contributed by atoms with Gasteiger partial charge in [0.15, 0.2) is 0 Å². The molecule has 4 nitrogen and oxygen atoms in total. The van der Waals surface area contributed by atoms with E-state index in [-0.39, 0.29) is 12.2 Å². The number of nitrogens with zero attached hydrogens (tertiary/aromatic N) is 1. The van der Waals surface area contributed by atoms with Crippen LogP contribution in [0.3, 0.4) is 0 Å². The molecule has 1 amide bonds. The summed E-state index contributed by atoms with van der Waals surface area (Å²) in [7, 11) is 0. The average Bonchev–Trinajstić information content (AvgIpc) is 2.88. The monoisotopic (exact) mass is 269 g/mol. The predicted molar refractivity (Wildman–Crippen MR) is 73.9 cm³/mol. The fourth-order valence-electron chi connectivity index (χ4n) is 3.25. The Labute approximate surface area is 116 Å². The first-order valence-electron chi connectivity index (χ1n) is 7.38. The summed E-state index contributed by atoms with van der Waals surface area (Å²) in [6.45, 7) is 9.15. The van der Waals surface area contributed by atoms with Gasteiger partial charge in [0.05, 0.1) is 6.10 Å². The fraction of sp³-hybridized carbons (Fsp3) is 0.933. The SMILES string of the molecule is CC(O)CC1CC12CCN(C(=O)OC(C)(C)C)CC2. The van der Waals surface area contributed by atoms with Gasteiger partial charge in [-0.2, -0.15) is 0 Å². The zero-order valence-corrected chi connectivity index (χ0v) is 12.6. The summed E-state index contributed by atoms with van der Waals surface area (Å²) in [6, 6.07) is 0. The summed E-state index contributed by atoms with van der Waals surface area (Å²) in [6.07, 6.45) is 3.86. The standard InChI is InChI=1S/C15H27NO3/c1-11(17)9-12-10-15(12)5-7-16(8-6-15)13(18)19-14(2,3)4/h11-12,17H,5-10H2,1-4H3. The topological polar surface area (TPSA) is 49.8 Å². The summed E-state index contributed by atoms with van der Waals surface area (Å²) in [5.41, 5.74) is -0.00381. The zero-order valence-electron chi connectivity index (χ0n) is 12.6. The number of ether oxygens (including phenoxy) is 1. The van der Waals surface area contributed by atoms with Crippen LogP contribution in [-0.2, 0) is 4.74 Å². The molecule has 1 saturated heterocycles. The number of aliphatic hydroxyl groups is 1. The third-order valence-electron chi connectivity index (χ3n) is 4.40. The minimum absolute atomic E-state index is 0.185. The first-order chi connectivity index (χ1) is 8.72. The molecule has 19 heavy (non-hydrogen) atoms. The lowest BCUT2D eigenvalue weighted by Crippen LogP contribution is -2.42. The lowest BCUT2D eigenvalue weighted by molar-refractivity contribution is 0.0160. The molecule has 0 bridgehead atoms. The molecule has 1 saturated carbocycles. The number of rotatable bonds is 2. The zero-order chi connectivity index (χ0) is 14.3. The van der Waals surface area contributed by atoms with Crippen LogP contribution >= 0.6 is 0 Å². The van der Waals surface area contributed by atoms with E-state index in [1.165, 1.54) is 6.42 Å². The molecule has 1 aliphatic carbocycles. The lowest BCUT2D eigenvalue weighted by Gasteiger charge is -2.34. The van der Waals surface area contributed by atoms with Crippen LogP contribution in [-0.4, -0.2) is 40.9 Å². The van der Waals surface area contributed by atoms with Gasteiger partial charge in [0.2, 0.25) is 0 Å². The van der Waals surface area contributed by atoms with E-state index < -0.39 is 5.60 Å². The van der Waals surface area contributed by atoms with E-state index in [1.54, 1.807) is 0 Å². The van der Waals surface area contributed by atoms with Crippen molar-refractivity contribution in [2.75, 3.05) is 13.1 Å². The number of carbonyl (C=O) groups is 1. The van der Waals surface area contributed by atoms with Crippen molar-refractivity contribution in [3.8, 4) is 0 Å². The van der Waals surface area contributed by atoms with Crippen LogP contribution in [0.1, 0.15) is 53.4 Å². The third kappa shape index (κ3) is 3.62. The van der Waals surface area contributed by atoms with Gasteiger partial charge < -0.3 is 14.7 Å². The van der Waals surface area contributed by atoms with Crippen LogP contribution in [0, 0.1) is 11.3 Å². The van der Waals surface area contributed by atoms with Crippen molar-refractivity contribution in [3.05, 3.63) is 0 Å². The molecule has 2 rings (SSSR count). The van der Waals surface area contributed by atoms with Crippen molar-refractivity contribution in [2.24, 2.45) is 11.3 Å². The molecule has 110 valence electrons. The maximum atomic E-state index is 12.0. The number of piperidine rings is 1. The molecule has 1 heterocycles. The van der Waals surface area contributed by atoms with Gasteiger partial charge in [-0.3, -0.25) is 0 Å². The molecule has 4 heteroatoms. The van der Waals surface area contributed by atoms with E-state index in [0.29, 0.717) is 11.3 Å². The number of hydrogen-bond donors (Lipinski definition) is 1. The summed E-state index contributed by atoms with van der Waals surface area (Å²) >= 11 is 0. The highest BCUT2D eigenvalue weighted by molar-refractivity contribution is 5.68. The van der Waals surface area contributed by atoms with Crippen LogP contribution in [0.5, 0.6) is 0 Å². The summed E-state index contributed by atoms with van der Waals surface area (Å²) in [5, 5.41) is 9.46. The first kappa shape index (κ1) is 14.6. The van der Waals surface area contributed by atoms with Gasteiger partial charge in [0.1, 0.15) is 5.60 Å². The Kier molecular flexibility index (Phi) is 3.83. The van der Waals surface area contributed by atoms with Crippen molar-refractivity contribution in [3.63, 3.8) is 0 Å². The molecular weight excluding hydrogens is 242 g/mol. The van der Waals surface area contributed by atoms with Crippen molar-refractivity contribution in [1.29, 1.82) is 0 Å². The molecule has 0 aromatic heterocycles. The minimum atomic E-state index is -0.416. The Morgan fingerprint density at radius 3 is 2.47 bits per heavy atom. The minimum Gasteiger partial charge on any atom is -0.444 e. The Morgan fingerprint density at radius 2 is 2.00 bits per heavy atom. The van der Waals surface area contributed by atoms with Crippen LogP contribution in [0.15, 0.2) is 0 Å². The van der Waals surface area contributed by atoms with Crippen LogP contribution in [0.4, 0.5) is 4.79 Å². The lowest BCUT2D eigenvalue weighted by atomic mass is 9.89. The molecule has 1 N–H and O–H groups in total. The van der Waals surface area contributed by atoms with Gasteiger partial charge >= 0.3 is 6.09 Å². The Bertz CT molecular complexity index is 338. The normalized spacial score (nSPS) is 27.2. The molecule has 0 aromatic carbocycles. The fourth-order valence-corrected chi connectivity index (χ4v) is 3.25. The molecule has 0 aromatic rings. The highest BCUT2D eigenvalue weighted by Crippen LogP contribution is 2.61. The number of hydrogen-bond acceptors (Lipinski definition) is 3. The maximum Gasteiger partial charge on any atom is 0.410 e. The van der Waals surface area contributed by atoms with Gasteiger partial charge in [-0.15, -0.1) is 0 Å². The molecule has 1 spiro atoms. The van der Waals surface area contributed by atoms with E-state index in [4.69, 9.17) is 4.74 Å². The molecule has 0 radical (unpaired) electrons. The molecule has 2 unspecified atom stereocenters. The molecular formula is C15H27NO3. The van der Waals surface area contributed by atoms with E-state index >= 15 is 0 Å². The average molecular weight is 269 g/mol. The van der Waals surface area contributed by atoms with E-state index in [2.05, 4.69) is 0 Å². The number of likely N-dealkylation sites (tertiary alicyclic amines) is 1. The third-order valence-corrected chi connectivity index (χ3v) is 4.40. The Hall–Kier alpha value is -0.770. The second-order valence-corrected chi connectivity index (χ2v) is 7.32. The van der Waals surface area contributed by atoms with E-state index in [0.717, 1.165) is 32.4 Å². The highest BCUT2D eigenvalue weighted by atomic mass is 16.6. The second-order valence-electron chi connectivity index (χ2n) is 7.32. The van der Waals surface area contributed by atoms with Crippen molar-refractivity contribution >= 4 is 6.09 Å². The quantitative estimate of drug-likeness (QED) is 0.838. The van der Waals surface area contributed by atoms with Crippen LogP contribution < -0.4 is 0 Å². The van der Waals surface area contributed by atoms with Crippen LogP contribution in [0.25, 0.3) is 0 Å². The number of carbonyl (C=O) groups excluding carboxylic acids is 1. The van der Waals surface area contributed by atoms with Crippen LogP contribution in [0.2, 0.25) is 0 Å². The second kappa shape index (κ2) is 4.97. The van der Waals surface area contributed by atoms with Gasteiger partial charge in [0.25, 0.3) is 0 Å². The van der Waals surface area contributed by atoms with E-state index in [1.807, 2.05) is 32.6 Å². The highest BCUT2D eigenvalue weighted by Gasteiger charge is 2.55. The van der Waals surface area contributed by atoms with Gasteiger partial charge in [-0.25, -0.2) is 4.79 Å². The Morgan fingerprint density at radius 1 is 1.42 bits per heavy atom. The van der Waals surface area contributed by atoms with Gasteiger partial charge in [-0.1, -0.05) is 0 Å². The maximum absolute atomic E-state index is 12.0. The van der Waals surface area contributed by atoms with E-state index in [9.17, 15) is 9.90 Å². The predicted octanol–water partition coefficient (Wildman–Crippen LogP) is 2.79. The number of aliphatic hydroxyl groups excluding tert-OH is 1. The molecule has 1 aliphatic heterocycles. The smallest absolute Gasteiger partial charge is 0.410 e. The van der Waals surface area contributed by atoms with Gasteiger partial charge in [0, 0.05) is 13.1 Å². The Balaban J connectivity index is 1.79. The first-order valence-corrected chi connectivity index (χ1v) is 7.38. The van der Waals surface area contributed by atoms with Crippen molar-refractivity contribution in [2.45, 2.75) is 65.1 Å². The molecule has 2 atom stereocenters. The van der Waals surface area contributed by atoms with Gasteiger partial charge in [-0.05, 0) is 64.7 Å². The number of amides is 1. The molecule has 2 fully saturated rings.